The number of amidine groups is 1. The van der Waals surface area contributed by atoms with E-state index in [1.165, 1.54) is 42.6 Å². The summed E-state index contributed by atoms with van der Waals surface area (Å²) in [6.45, 7) is 15.9. The van der Waals surface area contributed by atoms with E-state index in [0.29, 0.717) is 0 Å². The van der Waals surface area contributed by atoms with E-state index in [4.69, 9.17) is 5.10 Å². The zero-order valence-corrected chi connectivity index (χ0v) is 40.5. The molecule has 0 N–H and O–H groups in total. The second kappa shape index (κ2) is 18.5. The van der Waals surface area contributed by atoms with Crippen molar-refractivity contribution in [1.29, 1.82) is 0 Å². The van der Waals surface area contributed by atoms with Gasteiger partial charge in [-0.05, 0) is 77.7 Å². The maximum Gasteiger partial charge on any atom is 0.179 e. The maximum absolute atomic E-state index is 5.35. The third-order valence-electron chi connectivity index (χ3n) is 12.1. The molecule has 0 unspecified atom stereocenters. The van der Waals surface area contributed by atoms with Gasteiger partial charge >= 0.3 is 0 Å². The van der Waals surface area contributed by atoms with E-state index < -0.39 is 8.07 Å². The first-order valence-corrected chi connectivity index (χ1v) is 23.9. The van der Waals surface area contributed by atoms with Crippen LogP contribution in [0.1, 0.15) is 58.2 Å². The summed E-state index contributed by atoms with van der Waals surface area (Å²) in [7, 11) is -2.70. The van der Waals surface area contributed by atoms with Crippen LogP contribution in [0.5, 0.6) is 0 Å². The molecule has 0 fully saturated rings. The van der Waals surface area contributed by atoms with E-state index in [1.807, 2.05) is 12.1 Å². The number of nitrogens with zero attached hydrogens (tertiary/aromatic N) is 4. The molecule has 0 saturated heterocycles. The van der Waals surface area contributed by atoms with Crippen molar-refractivity contribution in [3.05, 3.63) is 236 Å². The molecule has 9 aromatic rings. The Morgan fingerprint density at radius 1 is 0.438 bits per heavy atom. The average Bonchev–Trinajstić information content (AvgIpc) is 3.94. The average molecular weight is 1030 g/mol. The molecule has 1 aliphatic heterocycles. The molecule has 0 amide bonds. The van der Waals surface area contributed by atoms with E-state index >= 15 is 0 Å². The van der Waals surface area contributed by atoms with Crippen molar-refractivity contribution in [2.45, 2.75) is 52.4 Å². The van der Waals surface area contributed by atoms with E-state index in [2.05, 4.69) is 263 Å². The first-order valence-electron chi connectivity index (χ1n) is 21.9. The van der Waals surface area contributed by atoms with Gasteiger partial charge in [-0.1, -0.05) is 230 Å². The minimum atomic E-state index is -2.70. The van der Waals surface area contributed by atoms with Gasteiger partial charge in [-0.3, -0.25) is 0 Å². The fourth-order valence-electron chi connectivity index (χ4n) is 8.73. The van der Waals surface area contributed by atoms with Crippen molar-refractivity contribution < 1.29 is 22.4 Å². The summed E-state index contributed by atoms with van der Waals surface area (Å²) in [5.41, 5.74) is 8.00. The molecule has 0 spiro atoms. The zero-order valence-electron chi connectivity index (χ0n) is 37.4. The third kappa shape index (κ3) is 8.82. The van der Waals surface area contributed by atoms with Crippen LogP contribution in [-0.4, -0.2) is 13.9 Å². The standard InChI is InChI=1S/C46H46N3Si.C12H8N.Au/c1-45(2,3)36-30-37(46(4,5)6)32-39(31-36)48-34-49(47-44(48)35-20-11-7-12-21-35)38-22-19-29-43(33-38)50(40-23-13-8-14-24-40,41-25-15-9-16-26-41)42-27-17-10-18-28-42;1-3-7-11-9(5-1)10-6-2-4-8-12(10)13-11;/h7-34H,1-6H3;1-8H;/q2*-1;. The Balaban J connectivity index is 0.000000339. The van der Waals surface area contributed by atoms with Crippen LogP contribution < -0.4 is 35.6 Å². The van der Waals surface area contributed by atoms with Gasteiger partial charge < -0.3 is 14.9 Å². The molecule has 0 atom stereocenters. The number of hydrogen-bond donors (Lipinski definition) is 0. The number of hydrogen-bond acceptors (Lipinski definition) is 3. The Morgan fingerprint density at radius 3 is 1.33 bits per heavy atom. The molecule has 0 saturated carbocycles. The summed E-state index contributed by atoms with van der Waals surface area (Å²) in [6.07, 6.45) is 0. The Labute approximate surface area is 395 Å². The first kappa shape index (κ1) is 44.4. The maximum atomic E-state index is 5.35. The molecule has 0 aliphatic carbocycles. The van der Waals surface area contributed by atoms with Crippen LogP contribution in [0.2, 0.25) is 0 Å². The summed E-state index contributed by atoms with van der Waals surface area (Å²) in [5, 5.41) is 15.3. The summed E-state index contributed by atoms with van der Waals surface area (Å²) in [4.78, 5) is 6.78. The SMILES string of the molecule is CC(C)(C)c1cc(N2[CH-]N(c3cccc([Si](c4ccccc4)(c4ccccc4)c4ccccc4)c3)N=C2c2ccccc2)cc(C(C)(C)C)c1.[Au].c1ccc2c(c1)[n-]c1ccccc12. The fourth-order valence-corrected chi connectivity index (χ4v) is 13.5. The Bertz CT molecular complexity index is 2830. The van der Waals surface area contributed by atoms with Gasteiger partial charge in [0.2, 0.25) is 0 Å². The van der Waals surface area contributed by atoms with Gasteiger partial charge in [-0.25, -0.2) is 0 Å². The minimum absolute atomic E-state index is 0. The predicted octanol–water partition coefficient (Wildman–Crippen LogP) is 11.4. The number of para-hydroxylation sites is 2. The number of benzene rings is 8. The van der Waals surface area contributed by atoms with E-state index in [-0.39, 0.29) is 33.2 Å². The Hall–Kier alpha value is -6.21. The normalized spacial score (nSPS) is 13.0. The third-order valence-corrected chi connectivity index (χ3v) is 16.9. The zero-order chi connectivity index (χ0) is 43.6. The second-order valence-corrected chi connectivity index (χ2v) is 22.2. The molecule has 0 bridgehead atoms. The van der Waals surface area contributed by atoms with Crippen molar-refractivity contribution in [3.63, 3.8) is 0 Å². The molecule has 10 rings (SSSR count). The molecule has 8 aromatic carbocycles. The van der Waals surface area contributed by atoms with Crippen LogP contribution in [0.3, 0.4) is 0 Å². The number of rotatable bonds is 7. The number of hydrazone groups is 1. The molecule has 4 nitrogen and oxygen atoms in total. The van der Waals surface area contributed by atoms with Gasteiger partial charge in [0.15, 0.2) is 8.07 Å². The van der Waals surface area contributed by atoms with Gasteiger partial charge in [-0.15, -0.1) is 17.7 Å². The van der Waals surface area contributed by atoms with Crippen molar-refractivity contribution in [2.75, 3.05) is 9.91 Å². The molecule has 1 aromatic heterocycles. The summed E-state index contributed by atoms with van der Waals surface area (Å²) < 4.78 is 0. The van der Waals surface area contributed by atoms with Crippen LogP contribution in [0.25, 0.3) is 21.8 Å². The van der Waals surface area contributed by atoms with Gasteiger partial charge in [0.25, 0.3) is 0 Å². The molecule has 64 heavy (non-hydrogen) atoms. The summed E-state index contributed by atoms with van der Waals surface area (Å²) >= 11 is 0. The largest absolute Gasteiger partial charge is 0.657 e. The first-order chi connectivity index (χ1) is 30.5. The molecular weight excluding hydrogens is 978 g/mol. The van der Waals surface area contributed by atoms with Crippen LogP contribution in [-0.2, 0) is 33.2 Å². The van der Waals surface area contributed by atoms with E-state index in [1.54, 1.807) is 0 Å². The fraction of sp³-hybridized carbons (Fsp3) is 0.138. The van der Waals surface area contributed by atoms with Crippen molar-refractivity contribution in [1.82, 2.24) is 4.98 Å². The van der Waals surface area contributed by atoms with E-state index in [0.717, 1.165) is 33.8 Å². The molecule has 1 radical (unpaired) electrons. The van der Waals surface area contributed by atoms with Gasteiger partial charge in [-0.2, -0.15) is 5.10 Å². The minimum Gasteiger partial charge on any atom is -0.657 e. The molecule has 2 heterocycles. The van der Waals surface area contributed by atoms with Crippen molar-refractivity contribution in [3.8, 4) is 0 Å². The smallest absolute Gasteiger partial charge is 0.179 e. The van der Waals surface area contributed by atoms with Crippen molar-refractivity contribution >= 4 is 67.8 Å². The van der Waals surface area contributed by atoms with Crippen molar-refractivity contribution in [2.24, 2.45) is 5.10 Å². The molecule has 323 valence electrons. The summed E-state index contributed by atoms with van der Waals surface area (Å²) in [6, 6.07) is 76.4. The van der Waals surface area contributed by atoms with Crippen LogP contribution >= 0.6 is 0 Å². The van der Waals surface area contributed by atoms with Crippen LogP contribution in [0, 0.1) is 6.67 Å². The number of anilines is 2. The quantitative estimate of drug-likeness (QED) is 0.0906. The molecular formula is C58H54AuN4Si-2. The second-order valence-electron chi connectivity index (χ2n) is 18.4. The predicted molar refractivity (Wildman–Crippen MR) is 271 cm³/mol. The monoisotopic (exact) mass is 1030 g/mol. The number of fused-ring (bicyclic) bond motifs is 3. The topological polar surface area (TPSA) is 32.9 Å². The summed E-state index contributed by atoms with van der Waals surface area (Å²) in [5.74, 6) is 0.902. The molecule has 6 heteroatoms. The van der Waals surface area contributed by atoms with Crippen LogP contribution in [0.4, 0.5) is 11.4 Å². The Morgan fingerprint density at radius 2 is 0.859 bits per heavy atom. The number of aromatic nitrogens is 1. The van der Waals surface area contributed by atoms with Gasteiger partial charge in [0, 0.05) is 39.3 Å². The van der Waals surface area contributed by atoms with Gasteiger partial charge in [0.05, 0.1) is 0 Å². The van der Waals surface area contributed by atoms with Crippen LogP contribution in [0.15, 0.2) is 217 Å². The van der Waals surface area contributed by atoms with Gasteiger partial charge in [0.1, 0.15) is 5.84 Å². The van der Waals surface area contributed by atoms with E-state index in [9.17, 15) is 0 Å². The molecule has 1 aliphatic rings. The Kier molecular flexibility index (Phi) is 12.8.